The lowest BCUT2D eigenvalue weighted by Gasteiger charge is -2.29. The van der Waals surface area contributed by atoms with E-state index in [1.165, 1.54) is 4.31 Å². The van der Waals surface area contributed by atoms with Gasteiger partial charge in [0.05, 0.1) is 11.9 Å². The number of para-hydroxylation sites is 1. The van der Waals surface area contributed by atoms with Crippen LogP contribution in [0.2, 0.25) is 0 Å². The Labute approximate surface area is 137 Å². The van der Waals surface area contributed by atoms with Crippen molar-refractivity contribution in [1.82, 2.24) is 18.4 Å². The van der Waals surface area contributed by atoms with Crippen LogP contribution in [0.1, 0.15) is 24.8 Å². The monoisotopic (exact) mass is 334 g/mol. The Kier molecular flexibility index (Phi) is 4.79. The van der Waals surface area contributed by atoms with E-state index in [1.54, 1.807) is 22.2 Å². The number of benzene rings is 1. The van der Waals surface area contributed by atoms with E-state index in [1.807, 2.05) is 36.5 Å². The van der Waals surface area contributed by atoms with Crippen molar-refractivity contribution in [2.75, 3.05) is 20.1 Å². The van der Waals surface area contributed by atoms with Crippen LogP contribution in [0.25, 0.3) is 5.69 Å². The average molecular weight is 334 g/mol. The van der Waals surface area contributed by atoms with Crippen molar-refractivity contribution in [3.05, 3.63) is 48.3 Å². The van der Waals surface area contributed by atoms with Gasteiger partial charge in [0.15, 0.2) is 0 Å². The molecule has 1 aromatic heterocycles. The van der Waals surface area contributed by atoms with Gasteiger partial charge < -0.3 is 0 Å². The topological polar surface area (TPSA) is 58.4 Å². The molecule has 1 aromatic carbocycles. The van der Waals surface area contributed by atoms with E-state index < -0.39 is 10.2 Å². The van der Waals surface area contributed by atoms with Crippen molar-refractivity contribution in [1.29, 1.82) is 0 Å². The average Bonchev–Trinajstić information content (AvgIpc) is 3.05. The molecule has 1 fully saturated rings. The van der Waals surface area contributed by atoms with Gasteiger partial charge in [0, 0.05) is 38.4 Å². The quantitative estimate of drug-likeness (QED) is 0.841. The fourth-order valence-corrected chi connectivity index (χ4v) is 4.22. The molecule has 1 saturated heterocycles. The molecule has 6 nitrogen and oxygen atoms in total. The molecule has 0 N–H and O–H groups in total. The summed E-state index contributed by atoms with van der Waals surface area (Å²) in [5.74, 6) is 0. The molecular weight excluding hydrogens is 312 g/mol. The van der Waals surface area contributed by atoms with Crippen LogP contribution >= 0.6 is 0 Å². The molecule has 0 spiro atoms. The molecule has 0 unspecified atom stereocenters. The van der Waals surface area contributed by atoms with Crippen molar-refractivity contribution in [3.63, 3.8) is 0 Å². The van der Waals surface area contributed by atoms with Gasteiger partial charge in [0.25, 0.3) is 10.2 Å². The number of hydrogen-bond donors (Lipinski definition) is 0. The molecule has 0 saturated carbocycles. The van der Waals surface area contributed by atoms with Gasteiger partial charge in [-0.25, -0.2) is 4.68 Å². The van der Waals surface area contributed by atoms with E-state index in [9.17, 15) is 8.42 Å². The van der Waals surface area contributed by atoms with E-state index in [-0.39, 0.29) is 0 Å². The Morgan fingerprint density at radius 2 is 1.83 bits per heavy atom. The summed E-state index contributed by atoms with van der Waals surface area (Å²) in [6.07, 6.45) is 6.59. The Morgan fingerprint density at radius 1 is 1.13 bits per heavy atom. The molecule has 0 bridgehead atoms. The number of aromatic nitrogens is 2. The van der Waals surface area contributed by atoms with Gasteiger partial charge in [-0.15, -0.1) is 0 Å². The van der Waals surface area contributed by atoms with Crippen molar-refractivity contribution >= 4 is 10.2 Å². The second-order valence-corrected chi connectivity index (χ2v) is 7.89. The summed E-state index contributed by atoms with van der Waals surface area (Å²) < 4.78 is 29.9. The van der Waals surface area contributed by atoms with E-state index in [2.05, 4.69) is 5.10 Å². The van der Waals surface area contributed by atoms with Crippen LogP contribution in [-0.4, -0.2) is 46.9 Å². The molecule has 0 radical (unpaired) electrons. The molecule has 3 rings (SSSR count). The predicted molar refractivity (Wildman–Crippen MR) is 89.4 cm³/mol. The van der Waals surface area contributed by atoms with Crippen molar-refractivity contribution in [2.24, 2.45) is 0 Å². The van der Waals surface area contributed by atoms with Gasteiger partial charge in [-0.05, 0) is 25.0 Å². The van der Waals surface area contributed by atoms with E-state index in [0.717, 1.165) is 30.5 Å². The summed E-state index contributed by atoms with van der Waals surface area (Å²) >= 11 is 0. The molecule has 7 heteroatoms. The molecule has 23 heavy (non-hydrogen) atoms. The highest BCUT2D eigenvalue weighted by atomic mass is 32.2. The SMILES string of the molecule is CN(Cc1cnn(-c2ccccc2)c1)S(=O)(=O)N1CCCCC1. The Morgan fingerprint density at radius 3 is 2.52 bits per heavy atom. The number of hydrogen-bond acceptors (Lipinski definition) is 3. The minimum Gasteiger partial charge on any atom is -0.241 e. The Bertz CT molecular complexity index is 736. The summed E-state index contributed by atoms with van der Waals surface area (Å²) in [5.41, 5.74) is 1.83. The van der Waals surface area contributed by atoms with Crippen LogP contribution in [0.15, 0.2) is 42.7 Å². The van der Waals surface area contributed by atoms with Crippen molar-refractivity contribution in [2.45, 2.75) is 25.8 Å². The van der Waals surface area contributed by atoms with Gasteiger partial charge >= 0.3 is 0 Å². The molecule has 124 valence electrons. The van der Waals surface area contributed by atoms with Crippen LogP contribution in [0, 0.1) is 0 Å². The summed E-state index contributed by atoms with van der Waals surface area (Å²) in [4.78, 5) is 0. The summed E-state index contributed by atoms with van der Waals surface area (Å²) in [6, 6.07) is 9.77. The first-order valence-corrected chi connectivity index (χ1v) is 9.27. The second kappa shape index (κ2) is 6.82. The zero-order valence-electron chi connectivity index (χ0n) is 13.3. The fourth-order valence-electron chi connectivity index (χ4n) is 2.80. The third kappa shape index (κ3) is 3.63. The van der Waals surface area contributed by atoms with E-state index >= 15 is 0 Å². The van der Waals surface area contributed by atoms with Crippen molar-refractivity contribution < 1.29 is 8.42 Å². The van der Waals surface area contributed by atoms with Gasteiger partial charge in [-0.1, -0.05) is 24.6 Å². The molecule has 1 aliphatic rings. The molecule has 0 amide bonds. The lowest BCUT2D eigenvalue weighted by atomic mass is 10.2. The highest BCUT2D eigenvalue weighted by Gasteiger charge is 2.28. The zero-order valence-corrected chi connectivity index (χ0v) is 14.1. The van der Waals surface area contributed by atoms with Crippen LogP contribution in [0.4, 0.5) is 0 Å². The molecular formula is C16H22N4O2S. The normalized spacial score (nSPS) is 16.8. The van der Waals surface area contributed by atoms with Crippen LogP contribution in [0.5, 0.6) is 0 Å². The number of nitrogens with zero attached hydrogens (tertiary/aromatic N) is 4. The first kappa shape index (κ1) is 16.2. The highest BCUT2D eigenvalue weighted by molar-refractivity contribution is 7.86. The van der Waals surface area contributed by atoms with Gasteiger partial charge in [0.1, 0.15) is 0 Å². The third-order valence-electron chi connectivity index (χ3n) is 4.10. The van der Waals surface area contributed by atoms with Crippen LogP contribution in [-0.2, 0) is 16.8 Å². The third-order valence-corrected chi connectivity index (χ3v) is 6.03. The lowest BCUT2D eigenvalue weighted by Crippen LogP contribution is -2.43. The largest absolute Gasteiger partial charge is 0.282 e. The first-order chi connectivity index (χ1) is 11.1. The lowest BCUT2D eigenvalue weighted by molar-refractivity contribution is 0.314. The maximum Gasteiger partial charge on any atom is 0.282 e. The van der Waals surface area contributed by atoms with Crippen molar-refractivity contribution in [3.8, 4) is 5.69 Å². The van der Waals surface area contributed by atoms with E-state index in [4.69, 9.17) is 0 Å². The minimum atomic E-state index is -3.39. The first-order valence-electron chi connectivity index (χ1n) is 7.88. The van der Waals surface area contributed by atoms with Gasteiger partial charge in [0.2, 0.25) is 0 Å². The molecule has 2 heterocycles. The van der Waals surface area contributed by atoms with E-state index in [0.29, 0.717) is 19.6 Å². The van der Waals surface area contributed by atoms with Crippen LogP contribution < -0.4 is 0 Å². The summed E-state index contributed by atoms with van der Waals surface area (Å²) in [7, 11) is -1.76. The van der Waals surface area contributed by atoms with Gasteiger partial charge in [-0.3, -0.25) is 0 Å². The zero-order chi connectivity index (χ0) is 16.3. The fraction of sp³-hybridized carbons (Fsp3) is 0.438. The minimum absolute atomic E-state index is 0.325. The Hall–Kier alpha value is -1.70. The Balaban J connectivity index is 1.70. The number of rotatable bonds is 5. The van der Waals surface area contributed by atoms with Gasteiger partial charge in [-0.2, -0.15) is 22.1 Å². The standard InChI is InChI=1S/C16H22N4O2S/c1-18(23(21,22)19-10-6-3-7-11-19)13-15-12-17-20(14-15)16-8-4-2-5-9-16/h2,4-5,8-9,12,14H,3,6-7,10-11,13H2,1H3. The molecule has 2 aromatic rings. The smallest absolute Gasteiger partial charge is 0.241 e. The molecule has 1 aliphatic heterocycles. The second-order valence-electron chi connectivity index (χ2n) is 5.85. The summed E-state index contributed by atoms with van der Waals surface area (Å²) in [5, 5.41) is 4.32. The molecule has 0 atom stereocenters. The highest BCUT2D eigenvalue weighted by Crippen LogP contribution is 2.17. The maximum atomic E-state index is 12.6. The maximum absolute atomic E-state index is 12.6. The number of piperidine rings is 1. The van der Waals surface area contributed by atoms with Crippen LogP contribution in [0.3, 0.4) is 0 Å². The summed E-state index contributed by atoms with van der Waals surface area (Å²) in [6.45, 7) is 1.57. The molecule has 0 aliphatic carbocycles. The predicted octanol–water partition coefficient (Wildman–Crippen LogP) is 2.03.